The van der Waals surface area contributed by atoms with Gasteiger partial charge in [0.15, 0.2) is 0 Å². The lowest BCUT2D eigenvalue weighted by atomic mass is 10.0. The fraction of sp³-hybridized carbons (Fsp3) is 0.0952. The molecule has 12 aromatic carbocycles. The molecular formula is C84H72O8. The second kappa shape index (κ2) is 31.6. The zero-order chi connectivity index (χ0) is 64.9. The Bertz CT molecular complexity index is 4060. The molecule has 0 heterocycles. The maximum Gasteiger partial charge on any atom is 0.343 e. The van der Waals surface area contributed by atoms with E-state index in [9.17, 15) is 19.2 Å². The smallest absolute Gasteiger partial charge is 0.343 e. The number of benzene rings is 12. The molecule has 0 radical (unpaired) electrons. The van der Waals surface area contributed by atoms with E-state index >= 15 is 0 Å². The predicted octanol–water partition coefficient (Wildman–Crippen LogP) is 20.8. The van der Waals surface area contributed by atoms with Crippen molar-refractivity contribution in [3.05, 3.63) is 358 Å². The monoisotopic (exact) mass is 1210 g/mol. The van der Waals surface area contributed by atoms with Crippen molar-refractivity contribution in [1.82, 2.24) is 0 Å². The molecule has 0 saturated heterocycles. The molecule has 0 amide bonds. The molecule has 0 bridgehead atoms. The first-order chi connectivity index (χ1) is 44.5. The normalized spacial score (nSPS) is 10.3. The predicted molar refractivity (Wildman–Crippen MR) is 371 cm³/mol. The average Bonchev–Trinajstić information content (AvgIpc) is 1.58. The molecule has 0 aliphatic carbocycles. The SMILES string of the molecule is Cc1ccc(C(=O)Oc2ccc(-c3ccc(C)cc3)cc2)cc1.Cc1ccc(C(=O)Oc2ccc(-c3ccc(C)cc3)cc2)cc1.Cc1ccc(OC(=O)c2ccc(-c3ccc(C)cc3)cc2)cc1.Cc1ccc(OC(=O)c2ccc(-c3ccc(C)cc3)cc2)cc1. The van der Waals surface area contributed by atoms with E-state index in [4.69, 9.17) is 18.9 Å². The van der Waals surface area contributed by atoms with Crippen LogP contribution in [0.15, 0.2) is 291 Å². The first kappa shape index (κ1) is 65.0. The van der Waals surface area contributed by atoms with Crippen LogP contribution in [0.1, 0.15) is 85.9 Å². The number of rotatable bonds is 12. The quantitative estimate of drug-likeness (QED) is 0.0880. The summed E-state index contributed by atoms with van der Waals surface area (Å²) in [4.78, 5) is 48.5. The van der Waals surface area contributed by atoms with Gasteiger partial charge < -0.3 is 18.9 Å². The van der Waals surface area contributed by atoms with E-state index in [0.717, 1.165) is 66.8 Å². The van der Waals surface area contributed by atoms with Gasteiger partial charge in [-0.3, -0.25) is 0 Å². The Labute approximate surface area is 540 Å². The largest absolute Gasteiger partial charge is 0.423 e. The van der Waals surface area contributed by atoms with Gasteiger partial charge in [0.1, 0.15) is 23.0 Å². The van der Waals surface area contributed by atoms with Crippen molar-refractivity contribution < 1.29 is 38.1 Å². The third-order valence-corrected chi connectivity index (χ3v) is 14.9. The van der Waals surface area contributed by atoms with E-state index in [1.165, 1.54) is 22.3 Å². The molecule has 0 unspecified atom stereocenters. The molecule has 456 valence electrons. The van der Waals surface area contributed by atoms with Crippen LogP contribution in [0.25, 0.3) is 44.5 Å². The molecule has 0 aromatic heterocycles. The van der Waals surface area contributed by atoms with Gasteiger partial charge >= 0.3 is 23.9 Å². The summed E-state index contributed by atoms with van der Waals surface area (Å²) >= 11 is 0. The summed E-state index contributed by atoms with van der Waals surface area (Å²) in [6, 6.07) is 93.0. The summed E-state index contributed by atoms with van der Waals surface area (Å²) in [7, 11) is 0. The molecule has 0 aliphatic rings. The standard InChI is InChI=1S/4C21H18O2/c2*1-15-3-7-17(8-4-15)18-9-11-19(12-10-18)21(22)23-20-13-5-16(2)6-14-20;2*1-15-3-7-17(8-4-15)18-11-13-20(14-12-18)23-21(22)19-9-5-16(2)6-10-19/h4*3-14H,1-2H3. The highest BCUT2D eigenvalue weighted by atomic mass is 16.5. The van der Waals surface area contributed by atoms with Gasteiger partial charge in [-0.1, -0.05) is 239 Å². The van der Waals surface area contributed by atoms with Crippen LogP contribution >= 0.6 is 0 Å². The van der Waals surface area contributed by atoms with E-state index in [-0.39, 0.29) is 23.9 Å². The lowest BCUT2D eigenvalue weighted by Crippen LogP contribution is -2.08. The second-order valence-corrected chi connectivity index (χ2v) is 22.6. The van der Waals surface area contributed by atoms with Crippen LogP contribution in [0.3, 0.4) is 0 Å². The number of hydrogen-bond acceptors (Lipinski definition) is 8. The highest BCUT2D eigenvalue weighted by Gasteiger charge is 2.13. The van der Waals surface area contributed by atoms with Gasteiger partial charge in [-0.2, -0.15) is 0 Å². The summed E-state index contributed by atoms with van der Waals surface area (Å²) < 4.78 is 21.6. The summed E-state index contributed by atoms with van der Waals surface area (Å²) in [6.45, 7) is 16.2. The number of hydrogen-bond donors (Lipinski definition) is 0. The highest BCUT2D eigenvalue weighted by molar-refractivity contribution is 5.93. The molecule has 0 N–H and O–H groups in total. The minimum Gasteiger partial charge on any atom is -0.423 e. The molecule has 0 fully saturated rings. The maximum absolute atomic E-state index is 12.2. The molecule has 0 saturated carbocycles. The Morgan fingerprint density at radius 1 is 0.163 bits per heavy atom. The number of esters is 4. The van der Waals surface area contributed by atoms with Crippen molar-refractivity contribution in [3.8, 4) is 67.5 Å². The third-order valence-electron chi connectivity index (χ3n) is 14.9. The van der Waals surface area contributed by atoms with Crippen LogP contribution < -0.4 is 18.9 Å². The lowest BCUT2D eigenvalue weighted by Gasteiger charge is -2.07. The van der Waals surface area contributed by atoms with E-state index in [2.05, 4.69) is 125 Å². The van der Waals surface area contributed by atoms with Crippen LogP contribution in [0.2, 0.25) is 0 Å². The van der Waals surface area contributed by atoms with Gasteiger partial charge in [-0.25, -0.2) is 19.2 Å². The van der Waals surface area contributed by atoms with Crippen LogP contribution in [0.4, 0.5) is 0 Å². The summed E-state index contributed by atoms with van der Waals surface area (Å²) in [6.07, 6.45) is 0. The average molecular weight is 1210 g/mol. The molecule has 12 aromatic rings. The van der Waals surface area contributed by atoms with E-state index < -0.39 is 0 Å². The minimum atomic E-state index is -0.343. The number of ether oxygens (including phenoxy) is 4. The molecule has 0 spiro atoms. The summed E-state index contributed by atoms with van der Waals surface area (Å²) in [5.41, 5.74) is 20.5. The van der Waals surface area contributed by atoms with Crippen molar-refractivity contribution in [2.45, 2.75) is 55.4 Å². The molecule has 8 heteroatoms. The number of carbonyl (C=O) groups is 4. The molecule has 8 nitrogen and oxygen atoms in total. The zero-order valence-corrected chi connectivity index (χ0v) is 53.0. The van der Waals surface area contributed by atoms with Gasteiger partial charge in [-0.15, -0.1) is 0 Å². The van der Waals surface area contributed by atoms with E-state index in [0.29, 0.717) is 45.3 Å². The Hall–Kier alpha value is -11.5. The fourth-order valence-electron chi connectivity index (χ4n) is 9.27. The molecule has 12 rings (SSSR count). The van der Waals surface area contributed by atoms with E-state index in [1.54, 1.807) is 72.8 Å². The Kier molecular flexibility index (Phi) is 22.3. The molecule has 0 aliphatic heterocycles. The van der Waals surface area contributed by atoms with Crippen molar-refractivity contribution in [2.24, 2.45) is 0 Å². The second-order valence-electron chi connectivity index (χ2n) is 22.6. The fourth-order valence-corrected chi connectivity index (χ4v) is 9.27. The van der Waals surface area contributed by atoms with Crippen molar-refractivity contribution in [3.63, 3.8) is 0 Å². The topological polar surface area (TPSA) is 105 Å². The van der Waals surface area contributed by atoms with Crippen LogP contribution in [-0.4, -0.2) is 23.9 Å². The molecule has 0 atom stereocenters. The first-order valence-electron chi connectivity index (χ1n) is 30.3. The van der Waals surface area contributed by atoms with Gasteiger partial charge in [-0.05, 0) is 197 Å². The van der Waals surface area contributed by atoms with Gasteiger partial charge in [0.25, 0.3) is 0 Å². The van der Waals surface area contributed by atoms with Gasteiger partial charge in [0, 0.05) is 0 Å². The highest BCUT2D eigenvalue weighted by Crippen LogP contribution is 2.27. The van der Waals surface area contributed by atoms with Crippen molar-refractivity contribution in [1.29, 1.82) is 0 Å². The van der Waals surface area contributed by atoms with E-state index in [1.807, 2.05) is 149 Å². The zero-order valence-electron chi connectivity index (χ0n) is 53.0. The Morgan fingerprint density at radius 3 is 0.446 bits per heavy atom. The van der Waals surface area contributed by atoms with Crippen LogP contribution in [-0.2, 0) is 0 Å². The Morgan fingerprint density at radius 2 is 0.272 bits per heavy atom. The Balaban J connectivity index is 0.000000145. The minimum absolute atomic E-state index is 0.340. The number of carbonyl (C=O) groups excluding carboxylic acids is 4. The maximum atomic E-state index is 12.2. The summed E-state index contributed by atoms with van der Waals surface area (Å²) in [5.74, 6) is 0.846. The van der Waals surface area contributed by atoms with Crippen molar-refractivity contribution >= 4 is 23.9 Å². The summed E-state index contributed by atoms with van der Waals surface area (Å²) in [5, 5.41) is 0. The first-order valence-corrected chi connectivity index (χ1v) is 30.3. The van der Waals surface area contributed by atoms with Gasteiger partial charge in [0.05, 0.1) is 22.3 Å². The van der Waals surface area contributed by atoms with Crippen LogP contribution in [0.5, 0.6) is 23.0 Å². The van der Waals surface area contributed by atoms with Gasteiger partial charge in [0.2, 0.25) is 0 Å². The van der Waals surface area contributed by atoms with Crippen LogP contribution in [0, 0.1) is 55.4 Å². The van der Waals surface area contributed by atoms with Crippen molar-refractivity contribution in [2.75, 3.05) is 0 Å². The lowest BCUT2D eigenvalue weighted by molar-refractivity contribution is 0.0725. The third kappa shape index (κ3) is 19.3. The molecule has 92 heavy (non-hydrogen) atoms. The number of aryl methyl sites for hydroxylation is 8. The molecular weight excluding hydrogens is 1140 g/mol.